The van der Waals surface area contributed by atoms with Crippen molar-refractivity contribution in [3.63, 3.8) is 0 Å². The third-order valence-corrected chi connectivity index (χ3v) is 2.83. The number of hydrogen-bond donors (Lipinski definition) is 0. The summed E-state index contributed by atoms with van der Waals surface area (Å²) in [5, 5.41) is 0. The first-order chi connectivity index (χ1) is 9.35. The number of ether oxygens (including phenoxy) is 3. The molecule has 0 N–H and O–H groups in total. The number of methoxy groups -OCH3 is 2. The number of para-hydroxylation sites is 2. The van der Waals surface area contributed by atoms with E-state index in [1.54, 1.807) is 14.2 Å². The van der Waals surface area contributed by atoms with Crippen LogP contribution in [0.4, 0.5) is 0 Å². The van der Waals surface area contributed by atoms with Gasteiger partial charge in [0.1, 0.15) is 6.10 Å². The Labute approximate surface area is 113 Å². The summed E-state index contributed by atoms with van der Waals surface area (Å²) in [6.45, 7) is 0.488. The molecule has 0 saturated heterocycles. The van der Waals surface area contributed by atoms with Gasteiger partial charge in [0.15, 0.2) is 11.5 Å². The molecule has 0 fully saturated rings. The average Bonchev–Trinajstić information content (AvgIpc) is 2.48. The lowest BCUT2D eigenvalue weighted by Gasteiger charge is -2.20. The highest BCUT2D eigenvalue weighted by molar-refractivity contribution is 5.40. The maximum absolute atomic E-state index is 6.01. The highest BCUT2D eigenvalue weighted by atomic mass is 16.5. The predicted molar refractivity (Wildman–Crippen MR) is 74.7 cm³/mol. The number of rotatable bonds is 6. The van der Waals surface area contributed by atoms with E-state index < -0.39 is 0 Å². The topological polar surface area (TPSA) is 27.7 Å². The summed E-state index contributed by atoms with van der Waals surface area (Å²) < 4.78 is 16.5. The molecule has 0 amide bonds. The Bertz CT molecular complexity index is 496. The predicted octanol–water partition coefficient (Wildman–Crippen LogP) is 3.46. The molecule has 1 atom stereocenters. The summed E-state index contributed by atoms with van der Waals surface area (Å²) in [7, 11) is 3.30. The SMILES string of the molecule is COC[C@H](Oc1ccccc1OC)c1ccccc1. The molecule has 0 radical (unpaired) electrons. The van der Waals surface area contributed by atoms with E-state index in [0.29, 0.717) is 6.61 Å². The molecule has 19 heavy (non-hydrogen) atoms. The highest BCUT2D eigenvalue weighted by Crippen LogP contribution is 2.30. The van der Waals surface area contributed by atoms with Crippen molar-refractivity contribution in [2.75, 3.05) is 20.8 Å². The summed E-state index contributed by atoms with van der Waals surface area (Å²) in [6, 6.07) is 17.6. The normalized spacial score (nSPS) is 11.9. The zero-order chi connectivity index (χ0) is 13.5. The molecule has 0 aliphatic rings. The molecule has 0 heterocycles. The van der Waals surface area contributed by atoms with Gasteiger partial charge in [0, 0.05) is 7.11 Å². The quantitative estimate of drug-likeness (QED) is 0.794. The monoisotopic (exact) mass is 258 g/mol. The lowest BCUT2D eigenvalue weighted by molar-refractivity contribution is 0.0789. The molecule has 3 nitrogen and oxygen atoms in total. The van der Waals surface area contributed by atoms with Crippen molar-refractivity contribution >= 4 is 0 Å². The minimum absolute atomic E-state index is 0.150. The van der Waals surface area contributed by atoms with Gasteiger partial charge in [-0.05, 0) is 17.7 Å². The van der Waals surface area contributed by atoms with Crippen molar-refractivity contribution in [1.29, 1.82) is 0 Å². The summed E-state index contributed by atoms with van der Waals surface area (Å²) in [4.78, 5) is 0. The van der Waals surface area contributed by atoms with E-state index in [0.717, 1.165) is 17.1 Å². The van der Waals surface area contributed by atoms with Crippen molar-refractivity contribution in [3.05, 3.63) is 60.2 Å². The van der Waals surface area contributed by atoms with E-state index in [-0.39, 0.29) is 6.10 Å². The first-order valence-electron chi connectivity index (χ1n) is 6.18. The van der Waals surface area contributed by atoms with E-state index in [1.807, 2.05) is 54.6 Å². The second-order valence-corrected chi connectivity index (χ2v) is 4.12. The summed E-state index contributed by atoms with van der Waals surface area (Å²) in [5.74, 6) is 1.44. The van der Waals surface area contributed by atoms with Crippen LogP contribution in [0.25, 0.3) is 0 Å². The Morgan fingerprint density at radius 3 is 2.11 bits per heavy atom. The molecule has 0 bridgehead atoms. The first-order valence-corrected chi connectivity index (χ1v) is 6.18. The summed E-state index contributed by atoms with van der Waals surface area (Å²) in [6.07, 6.45) is -0.150. The van der Waals surface area contributed by atoms with Gasteiger partial charge in [-0.1, -0.05) is 42.5 Å². The fourth-order valence-electron chi connectivity index (χ4n) is 1.89. The fourth-order valence-corrected chi connectivity index (χ4v) is 1.89. The summed E-state index contributed by atoms with van der Waals surface area (Å²) in [5.41, 5.74) is 1.08. The van der Waals surface area contributed by atoms with Crippen LogP contribution in [0, 0.1) is 0 Å². The van der Waals surface area contributed by atoms with Gasteiger partial charge in [-0.3, -0.25) is 0 Å². The van der Waals surface area contributed by atoms with E-state index in [1.165, 1.54) is 0 Å². The maximum atomic E-state index is 6.01. The molecular weight excluding hydrogens is 240 g/mol. The Kier molecular flexibility index (Phi) is 4.81. The van der Waals surface area contributed by atoms with Crippen LogP contribution in [0.3, 0.4) is 0 Å². The largest absolute Gasteiger partial charge is 0.493 e. The van der Waals surface area contributed by atoms with Crippen molar-refractivity contribution in [2.24, 2.45) is 0 Å². The van der Waals surface area contributed by atoms with Crippen LogP contribution in [-0.2, 0) is 4.74 Å². The second-order valence-electron chi connectivity index (χ2n) is 4.12. The zero-order valence-electron chi connectivity index (χ0n) is 11.2. The third-order valence-electron chi connectivity index (χ3n) is 2.83. The van der Waals surface area contributed by atoms with Crippen LogP contribution in [-0.4, -0.2) is 20.8 Å². The highest BCUT2D eigenvalue weighted by Gasteiger charge is 2.15. The summed E-state index contributed by atoms with van der Waals surface area (Å²) >= 11 is 0. The lowest BCUT2D eigenvalue weighted by atomic mass is 10.1. The Morgan fingerprint density at radius 2 is 1.47 bits per heavy atom. The van der Waals surface area contributed by atoms with Gasteiger partial charge in [0.2, 0.25) is 0 Å². The maximum Gasteiger partial charge on any atom is 0.162 e. The van der Waals surface area contributed by atoms with Crippen molar-refractivity contribution in [2.45, 2.75) is 6.10 Å². The molecule has 0 unspecified atom stereocenters. The molecule has 3 heteroatoms. The van der Waals surface area contributed by atoms with Crippen molar-refractivity contribution in [1.82, 2.24) is 0 Å². The molecule has 2 aromatic rings. The Balaban J connectivity index is 2.21. The van der Waals surface area contributed by atoms with Crippen LogP contribution in [0.15, 0.2) is 54.6 Å². The van der Waals surface area contributed by atoms with Crippen LogP contribution in [0.5, 0.6) is 11.5 Å². The first kappa shape index (κ1) is 13.4. The van der Waals surface area contributed by atoms with Gasteiger partial charge in [0.25, 0.3) is 0 Å². The molecule has 100 valence electrons. The van der Waals surface area contributed by atoms with Crippen LogP contribution in [0.1, 0.15) is 11.7 Å². The average molecular weight is 258 g/mol. The van der Waals surface area contributed by atoms with Gasteiger partial charge in [-0.15, -0.1) is 0 Å². The number of hydrogen-bond acceptors (Lipinski definition) is 3. The van der Waals surface area contributed by atoms with Gasteiger partial charge in [-0.25, -0.2) is 0 Å². The minimum atomic E-state index is -0.150. The Morgan fingerprint density at radius 1 is 0.842 bits per heavy atom. The van der Waals surface area contributed by atoms with Crippen LogP contribution in [0.2, 0.25) is 0 Å². The van der Waals surface area contributed by atoms with Crippen molar-refractivity contribution < 1.29 is 14.2 Å². The molecule has 0 spiro atoms. The molecular formula is C16H18O3. The molecule has 0 saturated carbocycles. The van der Waals surface area contributed by atoms with E-state index in [2.05, 4.69) is 0 Å². The standard InChI is InChI=1S/C16H18O3/c1-17-12-16(13-8-4-3-5-9-13)19-15-11-7-6-10-14(15)18-2/h3-11,16H,12H2,1-2H3/t16-/m0/s1. The van der Waals surface area contributed by atoms with Gasteiger partial charge >= 0.3 is 0 Å². The second kappa shape index (κ2) is 6.81. The molecule has 0 aliphatic heterocycles. The van der Waals surface area contributed by atoms with Crippen LogP contribution >= 0.6 is 0 Å². The molecule has 2 rings (SSSR count). The Hall–Kier alpha value is -2.00. The molecule has 0 aliphatic carbocycles. The van der Waals surface area contributed by atoms with Gasteiger partial charge in [0.05, 0.1) is 13.7 Å². The van der Waals surface area contributed by atoms with E-state index >= 15 is 0 Å². The van der Waals surface area contributed by atoms with Crippen molar-refractivity contribution in [3.8, 4) is 11.5 Å². The lowest BCUT2D eigenvalue weighted by Crippen LogP contribution is -2.14. The van der Waals surface area contributed by atoms with E-state index in [9.17, 15) is 0 Å². The fraction of sp³-hybridized carbons (Fsp3) is 0.250. The van der Waals surface area contributed by atoms with Gasteiger partial charge < -0.3 is 14.2 Å². The van der Waals surface area contributed by atoms with Gasteiger partial charge in [-0.2, -0.15) is 0 Å². The smallest absolute Gasteiger partial charge is 0.162 e. The molecule has 2 aromatic carbocycles. The third kappa shape index (κ3) is 3.48. The van der Waals surface area contributed by atoms with Crippen LogP contribution < -0.4 is 9.47 Å². The molecule has 0 aromatic heterocycles. The zero-order valence-corrected chi connectivity index (χ0v) is 11.2. The number of benzene rings is 2. The van der Waals surface area contributed by atoms with E-state index in [4.69, 9.17) is 14.2 Å². The minimum Gasteiger partial charge on any atom is -0.493 e.